The van der Waals surface area contributed by atoms with Gasteiger partial charge in [-0.2, -0.15) is 5.10 Å². The fourth-order valence-corrected chi connectivity index (χ4v) is 4.49. The van der Waals surface area contributed by atoms with E-state index >= 15 is 0 Å². The lowest BCUT2D eigenvalue weighted by Crippen LogP contribution is -2.38. The van der Waals surface area contributed by atoms with Crippen molar-refractivity contribution < 1.29 is 4.79 Å². The predicted molar refractivity (Wildman–Crippen MR) is 105 cm³/mol. The van der Waals surface area contributed by atoms with Crippen LogP contribution in [0.25, 0.3) is 5.69 Å². The molecule has 1 aromatic carbocycles. The maximum atomic E-state index is 12.2. The molecule has 27 heavy (non-hydrogen) atoms. The van der Waals surface area contributed by atoms with Gasteiger partial charge in [0.1, 0.15) is 0 Å². The largest absolute Gasteiger partial charge is 0.326 e. The van der Waals surface area contributed by atoms with E-state index in [0.717, 1.165) is 43.3 Å². The molecule has 3 aliphatic rings. The van der Waals surface area contributed by atoms with Gasteiger partial charge in [-0.3, -0.25) is 4.90 Å². The smallest absolute Gasteiger partial charge is 0.324 e. The summed E-state index contributed by atoms with van der Waals surface area (Å²) in [6.45, 7) is 2.40. The van der Waals surface area contributed by atoms with Crippen LogP contribution >= 0.6 is 0 Å². The number of hydrogen-bond donors (Lipinski definition) is 1. The van der Waals surface area contributed by atoms with E-state index in [1.807, 2.05) is 28.8 Å². The minimum atomic E-state index is 0.0700. The maximum Gasteiger partial charge on any atom is 0.324 e. The molecule has 2 aliphatic heterocycles. The van der Waals surface area contributed by atoms with Crippen LogP contribution in [-0.2, 0) is 13.0 Å². The highest BCUT2D eigenvalue weighted by Gasteiger charge is 2.29. The summed E-state index contributed by atoms with van der Waals surface area (Å²) in [4.78, 5) is 15.7. The molecule has 1 N–H and O–H groups in total. The molecule has 1 aromatic heterocycles. The first-order chi connectivity index (χ1) is 13.2. The first kappa shape index (κ1) is 16.8. The molecule has 1 saturated heterocycles. The standard InChI is InChI=1S/C21H27N5O/c1-24-11-12-25(21(24)27)17-6-8-18(9-7-17)26-14-16-5-10-19(15-3-2-4-15)22-13-20(16)23-26/h6-9,14-15,19,22H,2-5,10-13H2,1H3. The second-order valence-corrected chi connectivity index (χ2v) is 8.13. The number of aryl methyl sites for hydroxylation is 1. The highest BCUT2D eigenvalue weighted by molar-refractivity contribution is 5.93. The topological polar surface area (TPSA) is 53.4 Å². The van der Waals surface area contributed by atoms with Crippen LogP contribution < -0.4 is 10.2 Å². The summed E-state index contributed by atoms with van der Waals surface area (Å²) in [6.07, 6.45) is 8.68. The van der Waals surface area contributed by atoms with Gasteiger partial charge in [0.25, 0.3) is 0 Å². The van der Waals surface area contributed by atoms with Crippen molar-refractivity contribution in [2.75, 3.05) is 25.0 Å². The first-order valence-electron chi connectivity index (χ1n) is 10.1. The van der Waals surface area contributed by atoms with E-state index in [9.17, 15) is 4.79 Å². The number of carbonyl (C=O) groups excluding carboxylic acids is 1. The molecule has 142 valence electrons. The third kappa shape index (κ3) is 3.02. The molecule has 1 unspecified atom stereocenters. The highest BCUT2D eigenvalue weighted by Crippen LogP contribution is 2.33. The summed E-state index contributed by atoms with van der Waals surface area (Å²) in [5.41, 5.74) is 4.54. The quantitative estimate of drug-likeness (QED) is 0.910. The Balaban J connectivity index is 1.31. The molecule has 3 heterocycles. The minimum absolute atomic E-state index is 0.0700. The molecule has 1 saturated carbocycles. The van der Waals surface area contributed by atoms with Crippen molar-refractivity contribution in [2.45, 2.75) is 44.7 Å². The van der Waals surface area contributed by atoms with Crippen LogP contribution in [0.3, 0.4) is 0 Å². The molecule has 2 aromatic rings. The second kappa shape index (κ2) is 6.68. The molecule has 5 rings (SSSR count). The molecule has 2 amide bonds. The number of nitrogens with one attached hydrogen (secondary N) is 1. The molecular weight excluding hydrogens is 338 g/mol. The van der Waals surface area contributed by atoms with Gasteiger partial charge in [-0.1, -0.05) is 6.42 Å². The van der Waals surface area contributed by atoms with Crippen LogP contribution in [0.1, 0.15) is 36.9 Å². The number of rotatable bonds is 3. The number of nitrogens with zero attached hydrogens (tertiary/aromatic N) is 4. The average Bonchev–Trinajstić information content (AvgIpc) is 3.14. The molecule has 0 radical (unpaired) electrons. The Hall–Kier alpha value is -2.34. The molecule has 1 atom stereocenters. The van der Waals surface area contributed by atoms with E-state index in [1.165, 1.54) is 36.9 Å². The van der Waals surface area contributed by atoms with E-state index in [1.54, 1.807) is 4.90 Å². The third-order valence-electron chi connectivity index (χ3n) is 6.49. The lowest BCUT2D eigenvalue weighted by Gasteiger charge is -2.33. The molecule has 0 bridgehead atoms. The van der Waals surface area contributed by atoms with Crippen molar-refractivity contribution >= 4 is 11.7 Å². The van der Waals surface area contributed by atoms with Gasteiger partial charge in [0.05, 0.1) is 11.4 Å². The highest BCUT2D eigenvalue weighted by atomic mass is 16.2. The van der Waals surface area contributed by atoms with Crippen LogP contribution in [0.2, 0.25) is 0 Å². The van der Waals surface area contributed by atoms with Crippen LogP contribution in [-0.4, -0.2) is 46.9 Å². The number of benzene rings is 1. The molecule has 6 nitrogen and oxygen atoms in total. The Morgan fingerprint density at radius 2 is 1.85 bits per heavy atom. The van der Waals surface area contributed by atoms with Gasteiger partial charge < -0.3 is 10.2 Å². The van der Waals surface area contributed by atoms with E-state index in [0.29, 0.717) is 6.04 Å². The molecular formula is C21H27N5O. The van der Waals surface area contributed by atoms with Gasteiger partial charge in [0, 0.05) is 44.6 Å². The van der Waals surface area contributed by atoms with Crippen molar-refractivity contribution in [3.05, 3.63) is 41.7 Å². The molecule has 2 fully saturated rings. The zero-order chi connectivity index (χ0) is 18.4. The Kier molecular flexibility index (Phi) is 4.16. The summed E-state index contributed by atoms with van der Waals surface area (Å²) in [7, 11) is 1.84. The SMILES string of the molecule is CN1CCN(c2ccc(-n3cc4c(n3)CNC(C3CCC3)CC4)cc2)C1=O. The minimum Gasteiger partial charge on any atom is -0.326 e. The van der Waals surface area contributed by atoms with Crippen LogP contribution in [0.5, 0.6) is 0 Å². The number of hydrogen-bond acceptors (Lipinski definition) is 3. The van der Waals surface area contributed by atoms with Crippen molar-refractivity contribution in [3.8, 4) is 5.69 Å². The van der Waals surface area contributed by atoms with Gasteiger partial charge in [0.2, 0.25) is 0 Å². The van der Waals surface area contributed by atoms with Crippen molar-refractivity contribution in [2.24, 2.45) is 5.92 Å². The second-order valence-electron chi connectivity index (χ2n) is 8.13. The van der Waals surface area contributed by atoms with E-state index in [-0.39, 0.29) is 6.03 Å². The van der Waals surface area contributed by atoms with Crippen molar-refractivity contribution in [1.29, 1.82) is 0 Å². The summed E-state index contributed by atoms with van der Waals surface area (Å²) < 4.78 is 1.98. The fraction of sp³-hybridized carbons (Fsp3) is 0.524. The Morgan fingerprint density at radius 3 is 2.52 bits per heavy atom. The number of fused-ring (bicyclic) bond motifs is 1. The third-order valence-corrected chi connectivity index (χ3v) is 6.49. The zero-order valence-electron chi connectivity index (χ0n) is 15.9. The summed E-state index contributed by atoms with van der Waals surface area (Å²) in [5.74, 6) is 0.876. The Bertz CT molecular complexity index is 813. The lowest BCUT2D eigenvalue weighted by atomic mass is 9.78. The summed E-state index contributed by atoms with van der Waals surface area (Å²) in [6, 6.07) is 8.88. The van der Waals surface area contributed by atoms with Crippen LogP contribution in [0.4, 0.5) is 10.5 Å². The van der Waals surface area contributed by atoms with Crippen LogP contribution in [0, 0.1) is 5.92 Å². The van der Waals surface area contributed by atoms with Crippen molar-refractivity contribution in [3.63, 3.8) is 0 Å². The van der Waals surface area contributed by atoms with Gasteiger partial charge in [0.15, 0.2) is 0 Å². The zero-order valence-corrected chi connectivity index (χ0v) is 15.9. The van der Waals surface area contributed by atoms with Crippen LogP contribution in [0.15, 0.2) is 30.5 Å². The molecule has 1 aliphatic carbocycles. The monoisotopic (exact) mass is 365 g/mol. The normalized spacial score (nSPS) is 23.3. The molecule has 0 spiro atoms. The summed E-state index contributed by atoms with van der Waals surface area (Å²) in [5, 5.41) is 8.57. The Labute approximate surface area is 160 Å². The predicted octanol–water partition coefficient (Wildman–Crippen LogP) is 2.95. The average molecular weight is 365 g/mol. The van der Waals surface area contributed by atoms with E-state index in [4.69, 9.17) is 5.10 Å². The van der Waals surface area contributed by atoms with E-state index in [2.05, 4.69) is 23.6 Å². The van der Waals surface area contributed by atoms with Gasteiger partial charge in [-0.25, -0.2) is 9.48 Å². The van der Waals surface area contributed by atoms with Crippen molar-refractivity contribution in [1.82, 2.24) is 20.0 Å². The maximum absolute atomic E-state index is 12.2. The number of likely N-dealkylation sites (N-methyl/N-ethyl adjacent to an activating group) is 1. The first-order valence-corrected chi connectivity index (χ1v) is 10.1. The van der Waals surface area contributed by atoms with Gasteiger partial charge in [-0.15, -0.1) is 0 Å². The number of amides is 2. The number of urea groups is 1. The number of anilines is 1. The van der Waals surface area contributed by atoms with Gasteiger partial charge in [-0.05, 0) is 61.4 Å². The fourth-order valence-electron chi connectivity index (χ4n) is 4.49. The Morgan fingerprint density at radius 1 is 1.07 bits per heavy atom. The number of aromatic nitrogens is 2. The lowest BCUT2D eigenvalue weighted by molar-refractivity contribution is 0.221. The molecule has 6 heteroatoms. The van der Waals surface area contributed by atoms with E-state index < -0.39 is 0 Å². The summed E-state index contributed by atoms with van der Waals surface area (Å²) >= 11 is 0. The number of carbonyl (C=O) groups is 1. The van der Waals surface area contributed by atoms with Gasteiger partial charge >= 0.3 is 6.03 Å².